The molecular formula is C11H21FO2S. The maximum Gasteiger partial charge on any atom is 0.316 e. The SMILES string of the molecule is CCCC(SCCCCC(C)F)C(=O)O. The van der Waals surface area contributed by atoms with Crippen LogP contribution in [-0.2, 0) is 4.79 Å². The monoisotopic (exact) mass is 236 g/mol. The van der Waals surface area contributed by atoms with E-state index >= 15 is 0 Å². The molecule has 0 aliphatic heterocycles. The molecule has 0 aromatic heterocycles. The zero-order valence-electron chi connectivity index (χ0n) is 9.54. The molecule has 15 heavy (non-hydrogen) atoms. The summed E-state index contributed by atoms with van der Waals surface area (Å²) in [5, 5.41) is 8.59. The van der Waals surface area contributed by atoms with E-state index in [1.165, 1.54) is 11.8 Å². The minimum atomic E-state index is -0.735. The van der Waals surface area contributed by atoms with Crippen molar-refractivity contribution < 1.29 is 14.3 Å². The minimum absolute atomic E-state index is 0.280. The summed E-state index contributed by atoms with van der Waals surface area (Å²) in [6.07, 6.45) is 3.23. The number of carboxylic acid groups (broad SMARTS) is 1. The first-order chi connectivity index (χ1) is 7.07. The number of hydrogen-bond acceptors (Lipinski definition) is 2. The average molecular weight is 236 g/mol. The van der Waals surface area contributed by atoms with Crippen LogP contribution in [0.15, 0.2) is 0 Å². The van der Waals surface area contributed by atoms with Gasteiger partial charge in [-0.15, -0.1) is 11.8 Å². The van der Waals surface area contributed by atoms with Gasteiger partial charge in [0.1, 0.15) is 5.25 Å². The molecule has 2 nitrogen and oxygen atoms in total. The summed E-state index contributed by atoms with van der Waals surface area (Å²) in [7, 11) is 0. The number of thioether (sulfide) groups is 1. The van der Waals surface area contributed by atoms with Crippen molar-refractivity contribution in [2.75, 3.05) is 5.75 Å². The maximum absolute atomic E-state index is 12.4. The highest BCUT2D eigenvalue weighted by Gasteiger charge is 2.15. The van der Waals surface area contributed by atoms with E-state index in [-0.39, 0.29) is 5.25 Å². The van der Waals surface area contributed by atoms with E-state index in [0.717, 1.165) is 31.4 Å². The summed E-state index contributed by atoms with van der Waals surface area (Å²) >= 11 is 1.48. The molecule has 0 saturated heterocycles. The molecule has 0 amide bonds. The Morgan fingerprint density at radius 2 is 2.07 bits per heavy atom. The first-order valence-electron chi connectivity index (χ1n) is 5.56. The molecule has 0 fully saturated rings. The van der Waals surface area contributed by atoms with Gasteiger partial charge >= 0.3 is 5.97 Å². The second-order valence-electron chi connectivity index (χ2n) is 3.76. The van der Waals surface area contributed by atoms with Crippen LogP contribution in [-0.4, -0.2) is 28.3 Å². The van der Waals surface area contributed by atoms with Gasteiger partial charge in [-0.2, -0.15) is 0 Å². The molecule has 0 bridgehead atoms. The van der Waals surface area contributed by atoms with Gasteiger partial charge in [-0.25, -0.2) is 4.39 Å². The molecule has 0 spiro atoms. The third-order valence-corrected chi connectivity index (χ3v) is 3.51. The first kappa shape index (κ1) is 14.8. The van der Waals surface area contributed by atoms with Crippen molar-refractivity contribution in [1.29, 1.82) is 0 Å². The van der Waals surface area contributed by atoms with Crippen LogP contribution in [0, 0.1) is 0 Å². The molecule has 4 heteroatoms. The van der Waals surface area contributed by atoms with E-state index in [4.69, 9.17) is 5.11 Å². The van der Waals surface area contributed by atoms with Gasteiger partial charge in [0.2, 0.25) is 0 Å². The van der Waals surface area contributed by atoms with Crippen LogP contribution in [0.4, 0.5) is 4.39 Å². The van der Waals surface area contributed by atoms with Gasteiger partial charge < -0.3 is 5.11 Å². The largest absolute Gasteiger partial charge is 0.480 e. The quantitative estimate of drug-likeness (QED) is 0.622. The molecule has 0 aliphatic carbocycles. The van der Waals surface area contributed by atoms with Crippen LogP contribution < -0.4 is 0 Å². The van der Waals surface area contributed by atoms with Crippen LogP contribution in [0.5, 0.6) is 0 Å². The molecular weight excluding hydrogens is 215 g/mol. The predicted octanol–water partition coefficient (Wildman–Crippen LogP) is 3.50. The fraction of sp³-hybridized carbons (Fsp3) is 0.909. The molecule has 1 N–H and O–H groups in total. The Balaban J connectivity index is 3.49. The molecule has 0 rings (SSSR count). The summed E-state index contributed by atoms with van der Waals surface area (Å²) in [5.41, 5.74) is 0. The lowest BCUT2D eigenvalue weighted by Crippen LogP contribution is -2.16. The number of aliphatic carboxylic acids is 1. The lowest BCUT2D eigenvalue weighted by molar-refractivity contribution is -0.136. The van der Waals surface area contributed by atoms with Gasteiger partial charge in [-0.05, 0) is 38.4 Å². The fourth-order valence-corrected chi connectivity index (χ4v) is 2.49. The molecule has 0 saturated carbocycles. The van der Waals surface area contributed by atoms with Crippen molar-refractivity contribution in [2.45, 2.75) is 57.4 Å². The van der Waals surface area contributed by atoms with E-state index in [2.05, 4.69) is 0 Å². The number of hydrogen-bond donors (Lipinski definition) is 1. The second kappa shape index (κ2) is 9.01. The number of unbranched alkanes of at least 4 members (excludes halogenated alkanes) is 1. The highest BCUT2D eigenvalue weighted by molar-refractivity contribution is 8.00. The van der Waals surface area contributed by atoms with Gasteiger partial charge in [-0.3, -0.25) is 4.79 Å². The van der Waals surface area contributed by atoms with Crippen LogP contribution in [0.3, 0.4) is 0 Å². The third kappa shape index (κ3) is 8.73. The van der Waals surface area contributed by atoms with Crippen molar-refractivity contribution in [2.24, 2.45) is 0 Å². The van der Waals surface area contributed by atoms with Gasteiger partial charge in [-0.1, -0.05) is 13.3 Å². The molecule has 90 valence electrons. The zero-order valence-corrected chi connectivity index (χ0v) is 10.4. The van der Waals surface area contributed by atoms with Crippen molar-refractivity contribution in [3.63, 3.8) is 0 Å². The standard InChI is InChI=1S/C11H21FO2S/c1-3-6-10(11(13)14)15-8-5-4-7-9(2)12/h9-10H,3-8H2,1-2H3,(H,13,14). The van der Waals surface area contributed by atoms with Gasteiger partial charge in [0.15, 0.2) is 0 Å². The Labute approximate surface area is 95.6 Å². The Bertz CT molecular complexity index is 174. The van der Waals surface area contributed by atoms with Crippen LogP contribution in [0.1, 0.15) is 46.0 Å². The molecule has 2 atom stereocenters. The lowest BCUT2D eigenvalue weighted by Gasteiger charge is -2.10. The van der Waals surface area contributed by atoms with E-state index in [1.54, 1.807) is 6.92 Å². The number of carbonyl (C=O) groups is 1. The van der Waals surface area contributed by atoms with Crippen LogP contribution in [0.2, 0.25) is 0 Å². The topological polar surface area (TPSA) is 37.3 Å². The number of halogens is 1. The van der Waals surface area contributed by atoms with Crippen molar-refractivity contribution >= 4 is 17.7 Å². The highest BCUT2D eigenvalue weighted by atomic mass is 32.2. The first-order valence-corrected chi connectivity index (χ1v) is 6.61. The minimum Gasteiger partial charge on any atom is -0.480 e. The fourth-order valence-electron chi connectivity index (χ4n) is 1.29. The number of rotatable bonds is 9. The highest BCUT2D eigenvalue weighted by Crippen LogP contribution is 2.19. The van der Waals surface area contributed by atoms with Crippen molar-refractivity contribution in [1.82, 2.24) is 0 Å². The third-order valence-electron chi connectivity index (χ3n) is 2.14. The number of carboxylic acids is 1. The van der Waals surface area contributed by atoms with Crippen molar-refractivity contribution in [3.8, 4) is 0 Å². The number of alkyl halides is 1. The Morgan fingerprint density at radius 1 is 1.40 bits per heavy atom. The summed E-state index contributed by atoms with van der Waals surface area (Å²) in [4.78, 5) is 10.8. The Hall–Kier alpha value is -0.250. The lowest BCUT2D eigenvalue weighted by atomic mass is 10.2. The smallest absolute Gasteiger partial charge is 0.316 e. The van der Waals surface area contributed by atoms with E-state index in [9.17, 15) is 9.18 Å². The van der Waals surface area contributed by atoms with Crippen LogP contribution >= 0.6 is 11.8 Å². The van der Waals surface area contributed by atoms with Gasteiger partial charge in [0.25, 0.3) is 0 Å². The summed E-state index contributed by atoms with van der Waals surface area (Å²) in [6, 6.07) is 0. The van der Waals surface area contributed by atoms with Gasteiger partial charge in [0, 0.05) is 0 Å². The maximum atomic E-state index is 12.4. The summed E-state index contributed by atoms with van der Waals surface area (Å²) in [6.45, 7) is 3.55. The molecule has 0 aromatic carbocycles. The Kier molecular flexibility index (Phi) is 8.86. The molecule has 0 radical (unpaired) electrons. The van der Waals surface area contributed by atoms with E-state index in [0.29, 0.717) is 6.42 Å². The summed E-state index contributed by atoms with van der Waals surface area (Å²) in [5.74, 6) is 0.102. The van der Waals surface area contributed by atoms with Crippen LogP contribution in [0.25, 0.3) is 0 Å². The Morgan fingerprint density at radius 3 is 2.53 bits per heavy atom. The normalized spacial score (nSPS) is 14.9. The molecule has 0 aliphatic rings. The molecule has 2 unspecified atom stereocenters. The molecule has 0 aromatic rings. The van der Waals surface area contributed by atoms with E-state index in [1.807, 2.05) is 6.92 Å². The molecule has 0 heterocycles. The summed E-state index contributed by atoms with van der Waals surface area (Å²) < 4.78 is 12.4. The predicted molar refractivity (Wildman–Crippen MR) is 63.2 cm³/mol. The zero-order chi connectivity index (χ0) is 11.7. The average Bonchev–Trinajstić information content (AvgIpc) is 2.15. The van der Waals surface area contributed by atoms with Crippen molar-refractivity contribution in [3.05, 3.63) is 0 Å². The second-order valence-corrected chi connectivity index (χ2v) is 5.07. The van der Waals surface area contributed by atoms with E-state index < -0.39 is 12.1 Å². The van der Waals surface area contributed by atoms with Gasteiger partial charge in [0.05, 0.1) is 6.17 Å².